The monoisotopic (exact) mass is 319 g/mol. The molecule has 0 saturated heterocycles. The van der Waals surface area contributed by atoms with Gasteiger partial charge in [0.15, 0.2) is 0 Å². The molecule has 0 aliphatic rings. The lowest BCUT2D eigenvalue weighted by Crippen LogP contribution is -2.14. The van der Waals surface area contributed by atoms with Gasteiger partial charge < -0.3 is 10.5 Å². The van der Waals surface area contributed by atoms with Crippen molar-refractivity contribution in [2.24, 2.45) is 5.73 Å². The lowest BCUT2D eigenvalue weighted by molar-refractivity contribution is -0.115. The number of primary amides is 1. The van der Waals surface area contributed by atoms with Crippen LogP contribution in [0.5, 0.6) is 0 Å². The van der Waals surface area contributed by atoms with Gasteiger partial charge in [0.1, 0.15) is 12.4 Å². The average molecular weight is 319 g/mol. The molecule has 2 aromatic rings. The summed E-state index contributed by atoms with van der Waals surface area (Å²) in [5.41, 5.74) is 6.02. The largest absolute Gasteiger partial charge is 0.457 e. The van der Waals surface area contributed by atoms with Gasteiger partial charge in [0.2, 0.25) is 5.91 Å². The maximum Gasteiger partial charge on any atom is 0.339 e. The molecule has 6 heteroatoms. The normalized spacial score (nSPS) is 10.2. The van der Waals surface area contributed by atoms with Crippen molar-refractivity contribution in [2.45, 2.75) is 11.5 Å². The molecule has 0 aromatic heterocycles. The van der Waals surface area contributed by atoms with Crippen LogP contribution in [0.2, 0.25) is 0 Å². The Bertz CT molecular complexity index is 691. The van der Waals surface area contributed by atoms with Crippen LogP contribution in [0.25, 0.3) is 0 Å². The highest BCUT2D eigenvalue weighted by atomic mass is 32.2. The average Bonchev–Trinajstić information content (AvgIpc) is 2.51. The van der Waals surface area contributed by atoms with Gasteiger partial charge in [0.05, 0.1) is 11.3 Å². The second kappa shape index (κ2) is 7.61. The van der Waals surface area contributed by atoms with Crippen molar-refractivity contribution < 1.29 is 18.7 Å². The summed E-state index contributed by atoms with van der Waals surface area (Å²) in [6.45, 7) is -0.0224. The second-order valence-corrected chi connectivity index (χ2v) is 5.47. The van der Waals surface area contributed by atoms with Crippen molar-refractivity contribution >= 4 is 23.6 Å². The van der Waals surface area contributed by atoms with Gasteiger partial charge >= 0.3 is 5.97 Å². The highest BCUT2D eigenvalue weighted by Gasteiger charge is 2.13. The van der Waals surface area contributed by atoms with E-state index in [-0.39, 0.29) is 18.2 Å². The molecular formula is C16H14FNO3S. The van der Waals surface area contributed by atoms with E-state index in [2.05, 4.69) is 0 Å². The number of rotatable bonds is 6. The van der Waals surface area contributed by atoms with Crippen LogP contribution in [0, 0.1) is 5.82 Å². The van der Waals surface area contributed by atoms with Gasteiger partial charge in [-0.05, 0) is 29.8 Å². The first-order valence-corrected chi connectivity index (χ1v) is 7.46. The van der Waals surface area contributed by atoms with Crippen molar-refractivity contribution in [1.82, 2.24) is 0 Å². The summed E-state index contributed by atoms with van der Waals surface area (Å²) in [6, 6.07) is 12.6. The van der Waals surface area contributed by atoms with E-state index < -0.39 is 11.9 Å². The summed E-state index contributed by atoms with van der Waals surface area (Å²) in [4.78, 5) is 23.6. The van der Waals surface area contributed by atoms with Gasteiger partial charge in [-0.2, -0.15) is 0 Å². The predicted molar refractivity (Wildman–Crippen MR) is 81.9 cm³/mol. The standard InChI is InChI=1S/C16H14FNO3S/c17-12-5-3-4-11(8-12)9-21-16(20)13-6-1-2-7-14(13)22-10-15(18)19/h1-8H,9-10H2,(H2,18,19). The molecule has 0 unspecified atom stereocenters. The van der Waals surface area contributed by atoms with Gasteiger partial charge in [-0.1, -0.05) is 24.3 Å². The molecule has 2 N–H and O–H groups in total. The highest BCUT2D eigenvalue weighted by Crippen LogP contribution is 2.23. The van der Waals surface area contributed by atoms with E-state index in [4.69, 9.17) is 10.5 Å². The van der Waals surface area contributed by atoms with Crippen LogP contribution in [0.1, 0.15) is 15.9 Å². The SMILES string of the molecule is NC(=O)CSc1ccccc1C(=O)OCc1cccc(F)c1. The highest BCUT2D eigenvalue weighted by molar-refractivity contribution is 8.00. The number of nitrogens with two attached hydrogens (primary N) is 1. The summed E-state index contributed by atoms with van der Waals surface area (Å²) in [5.74, 6) is -1.30. The zero-order chi connectivity index (χ0) is 15.9. The first kappa shape index (κ1) is 16.0. The quantitative estimate of drug-likeness (QED) is 0.656. The molecule has 0 aliphatic carbocycles. The molecule has 0 saturated carbocycles. The predicted octanol–water partition coefficient (Wildman–Crippen LogP) is 2.76. The number of halogens is 1. The smallest absolute Gasteiger partial charge is 0.339 e. The van der Waals surface area contributed by atoms with Gasteiger partial charge in [0.25, 0.3) is 0 Å². The molecule has 4 nitrogen and oxygen atoms in total. The zero-order valence-corrected chi connectivity index (χ0v) is 12.4. The maximum atomic E-state index is 13.1. The Hall–Kier alpha value is -2.34. The van der Waals surface area contributed by atoms with E-state index in [9.17, 15) is 14.0 Å². The summed E-state index contributed by atoms with van der Waals surface area (Å²) in [5, 5.41) is 0. The minimum atomic E-state index is -0.531. The van der Waals surface area contributed by atoms with Crippen molar-refractivity contribution in [3.8, 4) is 0 Å². The minimum absolute atomic E-state index is 0.0224. The minimum Gasteiger partial charge on any atom is -0.457 e. The number of thioether (sulfide) groups is 1. The van der Waals surface area contributed by atoms with Gasteiger partial charge in [-0.3, -0.25) is 4.79 Å². The fourth-order valence-corrected chi connectivity index (χ4v) is 2.54. The molecular weight excluding hydrogens is 305 g/mol. The zero-order valence-electron chi connectivity index (χ0n) is 11.6. The lowest BCUT2D eigenvalue weighted by Gasteiger charge is -2.09. The number of ether oxygens (including phenoxy) is 1. The Labute approximate surface area is 131 Å². The van der Waals surface area contributed by atoms with E-state index >= 15 is 0 Å². The van der Waals surface area contributed by atoms with Crippen molar-refractivity contribution in [1.29, 1.82) is 0 Å². The van der Waals surface area contributed by atoms with E-state index in [0.29, 0.717) is 16.0 Å². The molecule has 22 heavy (non-hydrogen) atoms. The topological polar surface area (TPSA) is 69.4 Å². The fraction of sp³-hybridized carbons (Fsp3) is 0.125. The number of amides is 1. The third-order valence-corrected chi connectivity index (χ3v) is 3.83. The molecule has 2 aromatic carbocycles. The van der Waals surface area contributed by atoms with Gasteiger partial charge in [0, 0.05) is 4.90 Å². The third kappa shape index (κ3) is 4.60. The molecule has 0 fully saturated rings. The van der Waals surface area contributed by atoms with Crippen LogP contribution >= 0.6 is 11.8 Å². The van der Waals surface area contributed by atoms with Crippen LogP contribution in [0.3, 0.4) is 0 Å². The number of hydrogen-bond donors (Lipinski definition) is 1. The van der Waals surface area contributed by atoms with E-state index in [1.165, 1.54) is 23.9 Å². The summed E-state index contributed by atoms with van der Waals surface area (Å²) < 4.78 is 18.2. The Kier molecular flexibility index (Phi) is 5.55. The van der Waals surface area contributed by atoms with Gasteiger partial charge in [-0.15, -0.1) is 11.8 Å². The molecule has 1 amide bonds. The number of hydrogen-bond acceptors (Lipinski definition) is 4. The van der Waals surface area contributed by atoms with E-state index in [1.54, 1.807) is 36.4 Å². The Balaban J connectivity index is 2.04. The number of carbonyl (C=O) groups excluding carboxylic acids is 2. The number of benzene rings is 2. The molecule has 0 atom stereocenters. The first-order valence-electron chi connectivity index (χ1n) is 6.48. The van der Waals surface area contributed by atoms with E-state index in [0.717, 1.165) is 0 Å². The first-order chi connectivity index (χ1) is 10.6. The summed E-state index contributed by atoms with van der Waals surface area (Å²) in [6.07, 6.45) is 0. The Morgan fingerprint density at radius 1 is 1.14 bits per heavy atom. The van der Waals surface area contributed by atoms with Crippen LogP contribution in [-0.4, -0.2) is 17.6 Å². The Morgan fingerprint density at radius 3 is 2.64 bits per heavy atom. The number of carbonyl (C=O) groups is 2. The fourth-order valence-electron chi connectivity index (χ4n) is 1.76. The van der Waals surface area contributed by atoms with E-state index in [1.807, 2.05) is 0 Å². The molecule has 0 spiro atoms. The van der Waals surface area contributed by atoms with Crippen LogP contribution in [-0.2, 0) is 16.1 Å². The third-order valence-electron chi connectivity index (χ3n) is 2.74. The van der Waals surface area contributed by atoms with Crippen LogP contribution < -0.4 is 5.73 Å². The number of esters is 1. The molecule has 0 bridgehead atoms. The van der Waals surface area contributed by atoms with Gasteiger partial charge in [-0.25, -0.2) is 9.18 Å². The second-order valence-electron chi connectivity index (χ2n) is 4.46. The van der Waals surface area contributed by atoms with Crippen molar-refractivity contribution in [2.75, 3.05) is 5.75 Å². The van der Waals surface area contributed by atoms with Crippen LogP contribution in [0.15, 0.2) is 53.4 Å². The molecule has 2 rings (SSSR count). The molecule has 0 radical (unpaired) electrons. The molecule has 0 aliphatic heterocycles. The van der Waals surface area contributed by atoms with Crippen molar-refractivity contribution in [3.05, 3.63) is 65.5 Å². The maximum absolute atomic E-state index is 13.1. The summed E-state index contributed by atoms with van der Waals surface area (Å²) >= 11 is 1.17. The van der Waals surface area contributed by atoms with Crippen LogP contribution in [0.4, 0.5) is 4.39 Å². The molecule has 0 heterocycles. The lowest BCUT2D eigenvalue weighted by atomic mass is 10.2. The molecule has 114 valence electrons. The van der Waals surface area contributed by atoms with Crippen molar-refractivity contribution in [3.63, 3.8) is 0 Å². The Morgan fingerprint density at radius 2 is 1.91 bits per heavy atom. The summed E-state index contributed by atoms with van der Waals surface area (Å²) in [7, 11) is 0.